The molecule has 0 saturated heterocycles. The quantitative estimate of drug-likeness (QED) is 0.735. The normalized spacial score (nSPS) is 10.8. The van der Waals surface area contributed by atoms with E-state index in [2.05, 4.69) is 41.3 Å². The highest BCUT2D eigenvalue weighted by molar-refractivity contribution is 9.10. The van der Waals surface area contributed by atoms with Crippen LogP contribution in [0.2, 0.25) is 0 Å². The maximum Gasteiger partial charge on any atom is 0.219 e. The lowest BCUT2D eigenvalue weighted by Crippen LogP contribution is -2.02. The summed E-state index contributed by atoms with van der Waals surface area (Å²) in [5.74, 6) is 1.30. The molecule has 0 saturated carbocycles. The number of nitrogens with one attached hydrogen (secondary N) is 1. The molecule has 0 aliphatic carbocycles. The smallest absolute Gasteiger partial charge is 0.219 e. The summed E-state index contributed by atoms with van der Waals surface area (Å²) in [5.41, 5.74) is 7.43. The van der Waals surface area contributed by atoms with Crippen LogP contribution in [0.25, 0.3) is 11.2 Å². The molecule has 108 valence electrons. The van der Waals surface area contributed by atoms with Gasteiger partial charge in [0.2, 0.25) is 11.5 Å². The zero-order chi connectivity index (χ0) is 14.8. The third-order valence-corrected chi connectivity index (χ3v) is 3.18. The number of aromatic amines is 1. The second-order valence-corrected chi connectivity index (χ2v) is 5.07. The first-order chi connectivity index (χ1) is 10.2. The first-order valence-corrected chi connectivity index (χ1v) is 6.75. The van der Waals surface area contributed by atoms with Crippen molar-refractivity contribution in [3.05, 3.63) is 28.4 Å². The number of pyridine rings is 2. The number of ether oxygens (including phenoxy) is 2. The summed E-state index contributed by atoms with van der Waals surface area (Å²) < 4.78 is 11.8. The lowest BCUT2D eigenvalue weighted by Gasteiger charge is -2.10. The first-order valence-electron chi connectivity index (χ1n) is 5.95. The number of H-pyrrole nitrogens is 1. The van der Waals surface area contributed by atoms with Gasteiger partial charge in [-0.25, -0.2) is 9.97 Å². The minimum atomic E-state index is 0.251. The fraction of sp³-hybridized carbons (Fsp3) is 0.167. The van der Waals surface area contributed by atoms with Crippen molar-refractivity contribution < 1.29 is 9.47 Å². The Labute approximate surface area is 127 Å². The maximum absolute atomic E-state index is 5.76. The van der Waals surface area contributed by atoms with Crippen LogP contribution in [0, 0.1) is 0 Å². The van der Waals surface area contributed by atoms with Crippen LogP contribution < -0.4 is 15.2 Å². The van der Waals surface area contributed by atoms with Crippen molar-refractivity contribution >= 4 is 32.9 Å². The topological polar surface area (TPSA) is 112 Å². The Kier molecular flexibility index (Phi) is 3.57. The summed E-state index contributed by atoms with van der Waals surface area (Å²) in [7, 11) is 1.56. The van der Waals surface area contributed by atoms with E-state index in [9.17, 15) is 0 Å². The van der Waals surface area contributed by atoms with E-state index in [1.807, 2.05) is 6.07 Å². The van der Waals surface area contributed by atoms with Gasteiger partial charge in [0.05, 0.1) is 12.7 Å². The third-order valence-electron chi connectivity index (χ3n) is 2.75. The summed E-state index contributed by atoms with van der Waals surface area (Å²) in [6, 6.07) is 3.47. The van der Waals surface area contributed by atoms with Gasteiger partial charge in [0.25, 0.3) is 0 Å². The number of fused-ring (bicyclic) bond motifs is 1. The Morgan fingerprint density at radius 2 is 2.19 bits per heavy atom. The molecule has 21 heavy (non-hydrogen) atoms. The molecule has 0 aliphatic rings. The van der Waals surface area contributed by atoms with E-state index in [0.29, 0.717) is 28.6 Å². The molecule has 3 aromatic heterocycles. The fourth-order valence-corrected chi connectivity index (χ4v) is 2.23. The summed E-state index contributed by atoms with van der Waals surface area (Å²) in [4.78, 5) is 8.21. The number of aromatic nitrogens is 5. The molecule has 0 unspecified atom stereocenters. The molecule has 0 aromatic carbocycles. The van der Waals surface area contributed by atoms with E-state index in [1.165, 1.54) is 0 Å². The number of nitrogens with two attached hydrogens (primary N) is 1. The number of nitrogen functional groups attached to an aromatic ring is 1. The second kappa shape index (κ2) is 5.52. The number of hydrogen-bond acceptors (Lipinski definition) is 7. The molecular formula is C12H11BrN6O2. The van der Waals surface area contributed by atoms with E-state index in [1.54, 1.807) is 19.4 Å². The summed E-state index contributed by atoms with van der Waals surface area (Å²) in [5, 5.41) is 10.4. The van der Waals surface area contributed by atoms with Crippen LogP contribution in [0.5, 0.6) is 11.6 Å². The van der Waals surface area contributed by atoms with Crippen LogP contribution in [-0.2, 0) is 6.61 Å². The molecule has 3 N–H and O–H groups in total. The summed E-state index contributed by atoms with van der Waals surface area (Å²) >= 11 is 3.37. The number of hydrogen-bond donors (Lipinski definition) is 2. The fourth-order valence-electron chi connectivity index (χ4n) is 1.85. The van der Waals surface area contributed by atoms with Crippen molar-refractivity contribution in [2.24, 2.45) is 0 Å². The van der Waals surface area contributed by atoms with E-state index in [4.69, 9.17) is 15.2 Å². The molecule has 0 spiro atoms. The van der Waals surface area contributed by atoms with Gasteiger partial charge in [-0.05, 0) is 22.0 Å². The van der Waals surface area contributed by atoms with Gasteiger partial charge in [-0.2, -0.15) is 10.3 Å². The third kappa shape index (κ3) is 2.72. The molecule has 9 heteroatoms. The van der Waals surface area contributed by atoms with Crippen LogP contribution in [0.1, 0.15) is 5.56 Å². The highest BCUT2D eigenvalue weighted by Gasteiger charge is 2.12. The molecular weight excluding hydrogens is 340 g/mol. The molecule has 3 aromatic rings. The van der Waals surface area contributed by atoms with E-state index < -0.39 is 0 Å². The maximum atomic E-state index is 5.76. The largest absolute Gasteiger partial charge is 0.486 e. The average Bonchev–Trinajstić information content (AvgIpc) is 2.93. The molecule has 3 heterocycles. The second-order valence-electron chi connectivity index (χ2n) is 4.15. The van der Waals surface area contributed by atoms with Crippen molar-refractivity contribution in [2.45, 2.75) is 6.61 Å². The lowest BCUT2D eigenvalue weighted by molar-refractivity contribution is 0.296. The van der Waals surface area contributed by atoms with Crippen LogP contribution in [0.3, 0.4) is 0 Å². The van der Waals surface area contributed by atoms with Gasteiger partial charge >= 0.3 is 0 Å². The Morgan fingerprint density at radius 3 is 3.00 bits per heavy atom. The van der Waals surface area contributed by atoms with Crippen molar-refractivity contribution in [2.75, 3.05) is 12.8 Å². The number of methoxy groups -OCH3 is 1. The minimum absolute atomic E-state index is 0.251. The van der Waals surface area contributed by atoms with E-state index in [0.717, 1.165) is 10.0 Å². The van der Waals surface area contributed by atoms with Crippen molar-refractivity contribution in [3.8, 4) is 11.6 Å². The van der Waals surface area contributed by atoms with Gasteiger partial charge in [-0.15, -0.1) is 5.10 Å². The van der Waals surface area contributed by atoms with E-state index in [-0.39, 0.29) is 6.61 Å². The van der Waals surface area contributed by atoms with Gasteiger partial charge in [0, 0.05) is 16.7 Å². The molecule has 0 aliphatic heterocycles. The van der Waals surface area contributed by atoms with Crippen molar-refractivity contribution in [1.82, 2.24) is 25.4 Å². The number of halogens is 1. The molecule has 3 rings (SSSR count). The number of anilines is 1. The Morgan fingerprint density at radius 1 is 1.33 bits per heavy atom. The summed E-state index contributed by atoms with van der Waals surface area (Å²) in [6.45, 7) is 0.251. The highest BCUT2D eigenvalue weighted by atomic mass is 79.9. The predicted octanol–water partition coefficient (Wildman–Crippen LogP) is 1.68. The van der Waals surface area contributed by atoms with Gasteiger partial charge < -0.3 is 15.2 Å². The Balaban J connectivity index is 1.90. The molecule has 0 amide bonds. The zero-order valence-corrected chi connectivity index (χ0v) is 12.6. The molecule has 8 nitrogen and oxygen atoms in total. The number of nitrogens with zero attached hydrogens (tertiary/aromatic N) is 4. The Bertz CT molecular complexity index is 791. The SMILES string of the molecule is COc1ncc(Br)cc1COc1cc(N)nc2n[nH]nc12. The van der Waals surface area contributed by atoms with Crippen molar-refractivity contribution in [1.29, 1.82) is 0 Å². The monoisotopic (exact) mass is 350 g/mol. The first kappa shape index (κ1) is 13.6. The highest BCUT2D eigenvalue weighted by Crippen LogP contribution is 2.26. The van der Waals surface area contributed by atoms with Crippen LogP contribution >= 0.6 is 15.9 Å². The molecule has 0 fully saturated rings. The minimum Gasteiger partial charge on any atom is -0.486 e. The average molecular weight is 351 g/mol. The molecule has 0 radical (unpaired) electrons. The van der Waals surface area contributed by atoms with Gasteiger partial charge in [-0.3, -0.25) is 0 Å². The zero-order valence-electron chi connectivity index (χ0n) is 11.0. The van der Waals surface area contributed by atoms with Crippen molar-refractivity contribution in [3.63, 3.8) is 0 Å². The van der Waals surface area contributed by atoms with Crippen LogP contribution in [0.15, 0.2) is 22.8 Å². The van der Waals surface area contributed by atoms with Gasteiger partial charge in [0.15, 0.2) is 11.3 Å². The lowest BCUT2D eigenvalue weighted by atomic mass is 10.3. The number of rotatable bonds is 4. The molecule has 0 bridgehead atoms. The predicted molar refractivity (Wildman–Crippen MR) is 78.9 cm³/mol. The van der Waals surface area contributed by atoms with Gasteiger partial charge in [0.1, 0.15) is 12.4 Å². The van der Waals surface area contributed by atoms with E-state index >= 15 is 0 Å². The standard InChI is InChI=1S/C12H11BrN6O2/c1-20-12-6(2-7(13)4-15-12)5-21-8-3-9(14)16-11-10(8)17-19-18-11/h2-4H,5H2,1H3,(H3,14,16,17,18,19). The molecule has 0 atom stereocenters. The van der Waals surface area contributed by atoms with Gasteiger partial charge in [-0.1, -0.05) is 0 Å². The van der Waals surface area contributed by atoms with Crippen LogP contribution in [0.4, 0.5) is 5.82 Å². The van der Waals surface area contributed by atoms with Crippen LogP contribution in [-0.4, -0.2) is 32.5 Å². The summed E-state index contributed by atoms with van der Waals surface area (Å²) in [6.07, 6.45) is 1.66. The Hall–Kier alpha value is -2.42.